The average Bonchev–Trinajstić information content (AvgIpc) is 2.08. The van der Waals surface area contributed by atoms with E-state index in [0.29, 0.717) is 22.0 Å². The molecular formula is C7H9BrN4OS. The van der Waals surface area contributed by atoms with Crippen LogP contribution in [0.2, 0.25) is 0 Å². The molecule has 76 valence electrons. The Morgan fingerprint density at radius 1 is 1.57 bits per heavy atom. The summed E-state index contributed by atoms with van der Waals surface area (Å²) < 4.78 is 5.51. The number of thiocarbonyl (C=S) groups is 1. The summed E-state index contributed by atoms with van der Waals surface area (Å²) in [5.74, 6) is 0.400. The molecule has 0 aliphatic rings. The molecule has 1 rings (SSSR count). The monoisotopic (exact) mass is 276 g/mol. The molecule has 0 saturated heterocycles. The van der Waals surface area contributed by atoms with E-state index in [4.69, 9.17) is 22.7 Å². The molecule has 3 N–H and O–H groups in total. The number of ether oxygens (including phenoxy) is 1. The van der Waals surface area contributed by atoms with Crippen molar-refractivity contribution >= 4 is 38.9 Å². The van der Waals surface area contributed by atoms with E-state index in [1.165, 1.54) is 7.11 Å². The molecule has 0 aromatic carbocycles. The highest BCUT2D eigenvalue weighted by atomic mass is 79.9. The predicted octanol–water partition coefficient (Wildman–Crippen LogP) is 1.21. The second-order valence-corrected chi connectivity index (χ2v) is 3.60. The van der Waals surface area contributed by atoms with Gasteiger partial charge in [-0.05, 0) is 35.1 Å². The van der Waals surface area contributed by atoms with Gasteiger partial charge >= 0.3 is 0 Å². The third-order valence-electron chi connectivity index (χ3n) is 1.47. The van der Waals surface area contributed by atoms with Crippen molar-refractivity contribution < 1.29 is 4.74 Å². The van der Waals surface area contributed by atoms with Crippen molar-refractivity contribution in [3.63, 3.8) is 0 Å². The second-order valence-electron chi connectivity index (χ2n) is 2.45. The van der Waals surface area contributed by atoms with Gasteiger partial charge in [0.15, 0.2) is 9.85 Å². The molecule has 0 bridgehead atoms. The second kappa shape index (κ2) is 4.52. The number of aryl methyl sites for hydroxylation is 1. The van der Waals surface area contributed by atoms with Gasteiger partial charge in [-0.1, -0.05) is 0 Å². The van der Waals surface area contributed by atoms with Gasteiger partial charge in [-0.3, -0.25) is 0 Å². The lowest BCUT2D eigenvalue weighted by atomic mass is 10.3. The van der Waals surface area contributed by atoms with Gasteiger partial charge < -0.3 is 15.8 Å². The molecule has 5 nitrogen and oxygen atoms in total. The molecular weight excluding hydrogens is 268 g/mol. The maximum absolute atomic E-state index is 5.35. The lowest BCUT2D eigenvalue weighted by Crippen LogP contribution is -2.20. The van der Waals surface area contributed by atoms with E-state index in [1.54, 1.807) is 6.92 Å². The van der Waals surface area contributed by atoms with Gasteiger partial charge in [-0.2, -0.15) is 4.98 Å². The van der Waals surface area contributed by atoms with Gasteiger partial charge in [0.05, 0.1) is 12.8 Å². The smallest absolute Gasteiger partial charge is 0.241 e. The Kier molecular flexibility index (Phi) is 3.59. The molecule has 0 aliphatic carbocycles. The third-order valence-corrected chi connectivity index (χ3v) is 1.93. The fourth-order valence-corrected chi connectivity index (χ4v) is 1.46. The largest absolute Gasteiger partial charge is 0.479 e. The highest BCUT2D eigenvalue weighted by molar-refractivity contribution is 9.10. The average molecular weight is 277 g/mol. The van der Waals surface area contributed by atoms with Gasteiger partial charge in [0.2, 0.25) is 5.88 Å². The van der Waals surface area contributed by atoms with Gasteiger partial charge in [0.1, 0.15) is 5.69 Å². The summed E-state index contributed by atoms with van der Waals surface area (Å²) in [6.45, 7) is 1.80. The van der Waals surface area contributed by atoms with Crippen molar-refractivity contribution in [2.45, 2.75) is 6.92 Å². The van der Waals surface area contributed by atoms with E-state index in [-0.39, 0.29) is 5.11 Å². The number of hydrogen-bond acceptors (Lipinski definition) is 4. The maximum Gasteiger partial charge on any atom is 0.241 e. The quantitative estimate of drug-likeness (QED) is 0.625. The van der Waals surface area contributed by atoms with Crippen LogP contribution in [0, 0.1) is 6.92 Å². The summed E-state index contributed by atoms with van der Waals surface area (Å²) in [7, 11) is 1.51. The number of aromatic nitrogens is 2. The van der Waals surface area contributed by atoms with Gasteiger partial charge in [0, 0.05) is 0 Å². The van der Waals surface area contributed by atoms with Crippen molar-refractivity contribution in [3.05, 3.63) is 10.4 Å². The lowest BCUT2D eigenvalue weighted by molar-refractivity contribution is 0.397. The van der Waals surface area contributed by atoms with E-state index in [1.807, 2.05) is 0 Å². The minimum absolute atomic E-state index is 0.150. The Morgan fingerprint density at radius 2 is 2.21 bits per heavy atom. The van der Waals surface area contributed by atoms with E-state index < -0.39 is 0 Å². The zero-order chi connectivity index (χ0) is 10.7. The van der Waals surface area contributed by atoms with Crippen molar-refractivity contribution in [2.24, 2.45) is 5.73 Å². The van der Waals surface area contributed by atoms with Gasteiger partial charge in [0.25, 0.3) is 0 Å². The normalized spacial score (nSPS) is 9.64. The summed E-state index contributed by atoms with van der Waals surface area (Å²) in [5.41, 5.74) is 6.64. The van der Waals surface area contributed by atoms with E-state index in [0.717, 1.165) is 0 Å². The van der Waals surface area contributed by atoms with Gasteiger partial charge in [-0.15, -0.1) is 0 Å². The van der Waals surface area contributed by atoms with Crippen LogP contribution in [0.1, 0.15) is 5.69 Å². The van der Waals surface area contributed by atoms with Crippen LogP contribution in [0.5, 0.6) is 5.88 Å². The first-order valence-electron chi connectivity index (χ1n) is 3.69. The van der Waals surface area contributed by atoms with E-state index in [9.17, 15) is 0 Å². The molecule has 7 heteroatoms. The molecule has 0 spiro atoms. The van der Waals surface area contributed by atoms with Crippen molar-refractivity contribution in [2.75, 3.05) is 12.4 Å². The van der Waals surface area contributed by atoms with Crippen LogP contribution in [-0.2, 0) is 0 Å². The van der Waals surface area contributed by atoms with Crippen molar-refractivity contribution in [1.82, 2.24) is 9.97 Å². The Hall–Kier alpha value is -0.950. The Bertz CT molecular complexity index is 371. The van der Waals surface area contributed by atoms with Crippen molar-refractivity contribution in [1.29, 1.82) is 0 Å². The molecule has 0 amide bonds. The molecule has 0 atom stereocenters. The Morgan fingerprint density at radius 3 is 2.71 bits per heavy atom. The lowest BCUT2D eigenvalue weighted by Gasteiger charge is -2.10. The Labute approximate surface area is 95.2 Å². The standard InChI is InChI=1S/C7H9BrN4OS/c1-3-4(11-7(9)14)5(13-2)12-6(8)10-3/h1-2H3,(H3,9,11,14). The molecule has 0 fully saturated rings. The zero-order valence-corrected chi connectivity index (χ0v) is 10.1. The first-order valence-corrected chi connectivity index (χ1v) is 4.89. The highest BCUT2D eigenvalue weighted by Gasteiger charge is 2.11. The van der Waals surface area contributed by atoms with E-state index >= 15 is 0 Å². The first kappa shape index (κ1) is 11.1. The molecule has 0 saturated carbocycles. The summed E-state index contributed by atoms with van der Waals surface area (Å²) in [4.78, 5) is 8.09. The molecule has 0 aliphatic heterocycles. The predicted molar refractivity (Wildman–Crippen MR) is 61.4 cm³/mol. The summed E-state index contributed by atoms with van der Waals surface area (Å²) in [5, 5.41) is 2.91. The van der Waals surface area contributed by atoms with Crippen LogP contribution in [0.25, 0.3) is 0 Å². The van der Waals surface area contributed by atoms with Crippen LogP contribution in [-0.4, -0.2) is 22.2 Å². The summed E-state index contributed by atoms with van der Waals surface area (Å²) >= 11 is 7.88. The van der Waals surface area contributed by atoms with Crippen molar-refractivity contribution in [3.8, 4) is 5.88 Å². The number of anilines is 1. The molecule has 0 radical (unpaired) electrons. The fraction of sp³-hybridized carbons (Fsp3) is 0.286. The highest BCUT2D eigenvalue weighted by Crippen LogP contribution is 2.25. The number of nitrogens with one attached hydrogen (secondary N) is 1. The third kappa shape index (κ3) is 2.52. The molecule has 1 aromatic rings. The van der Waals surface area contributed by atoms with Crippen LogP contribution in [0.15, 0.2) is 4.73 Å². The minimum atomic E-state index is 0.150. The van der Waals surface area contributed by atoms with Crippen LogP contribution in [0.4, 0.5) is 5.69 Å². The molecule has 0 unspecified atom stereocenters. The van der Waals surface area contributed by atoms with Crippen LogP contribution in [0.3, 0.4) is 0 Å². The minimum Gasteiger partial charge on any atom is -0.479 e. The van der Waals surface area contributed by atoms with Gasteiger partial charge in [-0.25, -0.2) is 4.98 Å². The topological polar surface area (TPSA) is 73.1 Å². The van der Waals surface area contributed by atoms with Crippen LogP contribution < -0.4 is 15.8 Å². The summed E-state index contributed by atoms with van der Waals surface area (Å²) in [6.07, 6.45) is 0. The molecule has 1 heterocycles. The number of halogens is 1. The SMILES string of the molecule is COc1nc(Br)nc(C)c1NC(N)=S. The maximum atomic E-state index is 5.35. The number of hydrogen-bond donors (Lipinski definition) is 2. The summed E-state index contributed by atoms with van der Waals surface area (Å²) in [6, 6.07) is 0. The number of nitrogens with two attached hydrogens (primary N) is 1. The fourth-order valence-electron chi connectivity index (χ4n) is 0.929. The number of methoxy groups -OCH3 is 1. The molecule has 14 heavy (non-hydrogen) atoms. The van der Waals surface area contributed by atoms with Crippen LogP contribution >= 0.6 is 28.1 Å². The zero-order valence-electron chi connectivity index (χ0n) is 7.67. The first-order chi connectivity index (χ1) is 6.54. The van der Waals surface area contributed by atoms with E-state index in [2.05, 4.69) is 31.2 Å². The number of nitrogens with zero attached hydrogens (tertiary/aromatic N) is 2. The molecule has 1 aromatic heterocycles. The Balaban J connectivity index is 3.18. The number of rotatable bonds is 2.